The number of carbonyl (C=O) groups is 1. The average molecular weight is 141 g/mol. The number of β-amino-alcohol motifs (C(OH)–C–C–N with tert-alkyl or cyclic N) is 1. The minimum absolute atomic E-state index is 0.146. The Morgan fingerprint density at radius 2 is 2.60 bits per heavy atom. The number of hydrogen-bond donors (Lipinski definition) is 1. The minimum atomic E-state index is -0.600. The van der Waals surface area contributed by atoms with E-state index in [4.69, 9.17) is 16.4 Å². The number of aliphatic hydroxyl groups excluding tert-OH is 1. The molecule has 1 aliphatic rings. The van der Waals surface area contributed by atoms with Gasteiger partial charge in [-0.05, 0) is 5.92 Å². The van der Waals surface area contributed by atoms with Crippen LogP contribution in [0.5, 0.6) is 0 Å². The van der Waals surface area contributed by atoms with Crippen molar-refractivity contribution in [3.63, 3.8) is 0 Å². The molecular formula is C6H7NO3. The van der Waals surface area contributed by atoms with Crippen molar-refractivity contribution in [3.05, 3.63) is 0 Å². The van der Waals surface area contributed by atoms with Crippen LogP contribution in [-0.4, -0.2) is 35.3 Å². The van der Waals surface area contributed by atoms with Crippen molar-refractivity contribution < 1.29 is 14.7 Å². The average Bonchev–Trinajstić information content (AvgIpc) is 2.34. The van der Waals surface area contributed by atoms with Crippen molar-refractivity contribution in [2.75, 3.05) is 13.2 Å². The second-order valence-electron chi connectivity index (χ2n) is 1.96. The predicted octanol–water partition coefficient (Wildman–Crippen LogP) is -1.25. The van der Waals surface area contributed by atoms with Gasteiger partial charge >= 0.3 is 5.91 Å². The summed E-state index contributed by atoms with van der Waals surface area (Å²) in [6.45, 7) is 0.316. The van der Waals surface area contributed by atoms with Gasteiger partial charge in [-0.25, -0.2) is 5.06 Å². The molecule has 0 spiro atoms. The van der Waals surface area contributed by atoms with Gasteiger partial charge in [0.1, 0.15) is 12.7 Å². The zero-order chi connectivity index (χ0) is 7.56. The number of nitrogens with zero attached hydrogens (tertiary/aromatic N) is 1. The lowest BCUT2D eigenvalue weighted by Gasteiger charge is -2.07. The second-order valence-corrected chi connectivity index (χ2v) is 1.96. The summed E-state index contributed by atoms with van der Waals surface area (Å²) in [5.41, 5.74) is 0. The molecule has 1 aliphatic heterocycles. The van der Waals surface area contributed by atoms with Crippen LogP contribution in [0.1, 0.15) is 0 Å². The van der Waals surface area contributed by atoms with Crippen LogP contribution in [0.25, 0.3) is 0 Å². The van der Waals surface area contributed by atoms with Gasteiger partial charge in [0.25, 0.3) is 0 Å². The molecule has 0 radical (unpaired) electrons. The highest BCUT2D eigenvalue weighted by Crippen LogP contribution is 2.04. The maximum atomic E-state index is 10.6. The van der Waals surface area contributed by atoms with Crippen molar-refractivity contribution in [2.24, 2.45) is 0 Å². The molecule has 10 heavy (non-hydrogen) atoms. The molecular weight excluding hydrogens is 134 g/mol. The lowest BCUT2D eigenvalue weighted by Crippen LogP contribution is -2.26. The third-order valence-electron chi connectivity index (χ3n) is 1.15. The van der Waals surface area contributed by atoms with Crippen molar-refractivity contribution in [1.29, 1.82) is 0 Å². The van der Waals surface area contributed by atoms with Crippen molar-refractivity contribution >= 4 is 5.91 Å². The zero-order valence-corrected chi connectivity index (χ0v) is 5.28. The van der Waals surface area contributed by atoms with Crippen LogP contribution in [0.15, 0.2) is 0 Å². The molecule has 0 aromatic rings. The number of hydrogen-bond acceptors (Lipinski definition) is 3. The molecule has 0 unspecified atom stereocenters. The molecule has 54 valence electrons. The molecule has 1 fully saturated rings. The largest absolute Gasteiger partial charge is 0.389 e. The lowest BCUT2D eigenvalue weighted by molar-refractivity contribution is -0.161. The summed E-state index contributed by atoms with van der Waals surface area (Å²) >= 11 is 0. The van der Waals surface area contributed by atoms with Crippen molar-refractivity contribution in [1.82, 2.24) is 5.06 Å². The number of carbonyl (C=O) groups excluding carboxylic acids is 1. The normalized spacial score (nSPS) is 24.4. The number of hydroxylamine groups is 2. The first-order valence-electron chi connectivity index (χ1n) is 2.83. The Hall–Kier alpha value is -1.05. The lowest BCUT2D eigenvalue weighted by atomic mass is 10.4. The van der Waals surface area contributed by atoms with Crippen LogP contribution in [0, 0.1) is 12.3 Å². The number of rotatable bonds is 0. The molecule has 1 N–H and O–H groups in total. The molecule has 1 atom stereocenters. The fourth-order valence-corrected chi connectivity index (χ4v) is 0.686. The van der Waals surface area contributed by atoms with Crippen LogP contribution in [0.2, 0.25) is 0 Å². The van der Waals surface area contributed by atoms with Gasteiger partial charge < -0.3 is 5.11 Å². The van der Waals surface area contributed by atoms with Gasteiger partial charge in [0.2, 0.25) is 0 Å². The van der Waals surface area contributed by atoms with Crippen LogP contribution < -0.4 is 0 Å². The van der Waals surface area contributed by atoms with E-state index >= 15 is 0 Å². The van der Waals surface area contributed by atoms with Crippen LogP contribution in [0.4, 0.5) is 0 Å². The number of aliphatic hydroxyl groups is 1. The monoisotopic (exact) mass is 141 g/mol. The second kappa shape index (κ2) is 2.69. The number of amides is 1. The number of terminal acetylenes is 1. The summed E-state index contributed by atoms with van der Waals surface area (Å²) in [6.07, 6.45) is 4.19. The van der Waals surface area contributed by atoms with E-state index in [2.05, 4.69) is 0 Å². The predicted molar refractivity (Wildman–Crippen MR) is 32.5 cm³/mol. The van der Waals surface area contributed by atoms with Crippen LogP contribution in [-0.2, 0) is 9.63 Å². The SMILES string of the molecule is C#CC(=O)N1C[C@@H](O)CO1. The van der Waals surface area contributed by atoms with Gasteiger partial charge in [-0.1, -0.05) is 0 Å². The van der Waals surface area contributed by atoms with Gasteiger partial charge in [0.05, 0.1) is 6.54 Å². The van der Waals surface area contributed by atoms with Gasteiger partial charge in [-0.15, -0.1) is 6.42 Å². The van der Waals surface area contributed by atoms with E-state index in [1.165, 1.54) is 0 Å². The van der Waals surface area contributed by atoms with E-state index in [9.17, 15) is 4.79 Å². The van der Waals surface area contributed by atoms with E-state index in [-0.39, 0.29) is 13.2 Å². The quantitative estimate of drug-likeness (QED) is 0.429. The Morgan fingerprint density at radius 3 is 3.00 bits per heavy atom. The molecule has 0 saturated carbocycles. The third-order valence-corrected chi connectivity index (χ3v) is 1.15. The van der Waals surface area contributed by atoms with E-state index in [1.807, 2.05) is 5.92 Å². The molecule has 0 aliphatic carbocycles. The first-order valence-corrected chi connectivity index (χ1v) is 2.83. The Morgan fingerprint density at radius 1 is 1.90 bits per heavy atom. The maximum absolute atomic E-state index is 10.6. The summed E-state index contributed by atoms with van der Waals surface area (Å²) in [5, 5.41) is 9.83. The first-order chi connectivity index (χ1) is 4.74. The Kier molecular flexibility index (Phi) is 1.90. The molecule has 4 heteroatoms. The van der Waals surface area contributed by atoms with Gasteiger partial charge in [-0.3, -0.25) is 9.63 Å². The van der Waals surface area contributed by atoms with Crippen LogP contribution in [0.3, 0.4) is 0 Å². The van der Waals surface area contributed by atoms with Gasteiger partial charge in [0, 0.05) is 0 Å². The summed E-state index contributed by atoms with van der Waals surface area (Å²) in [4.78, 5) is 15.3. The van der Waals surface area contributed by atoms with Gasteiger partial charge in [0.15, 0.2) is 0 Å². The van der Waals surface area contributed by atoms with Crippen molar-refractivity contribution in [2.45, 2.75) is 6.10 Å². The smallest absolute Gasteiger partial charge is 0.321 e. The Balaban J connectivity index is 2.47. The van der Waals surface area contributed by atoms with E-state index < -0.39 is 12.0 Å². The molecule has 4 nitrogen and oxygen atoms in total. The molecule has 0 aromatic heterocycles. The summed E-state index contributed by atoms with van der Waals surface area (Å²) in [6, 6.07) is 0. The van der Waals surface area contributed by atoms with Crippen molar-refractivity contribution in [3.8, 4) is 12.3 Å². The Bertz CT molecular complexity index is 184. The van der Waals surface area contributed by atoms with Gasteiger partial charge in [-0.2, -0.15) is 0 Å². The molecule has 0 aromatic carbocycles. The standard InChI is InChI=1S/C6H7NO3/c1-2-6(9)7-3-5(8)4-10-7/h1,5,8H,3-4H2/t5-/m1/s1. The molecule has 1 saturated heterocycles. The fourth-order valence-electron chi connectivity index (χ4n) is 0.686. The molecule has 1 amide bonds. The van der Waals surface area contributed by atoms with E-state index in [0.29, 0.717) is 0 Å². The zero-order valence-electron chi connectivity index (χ0n) is 5.28. The topological polar surface area (TPSA) is 49.8 Å². The van der Waals surface area contributed by atoms with E-state index in [1.54, 1.807) is 0 Å². The summed E-state index contributed by atoms with van der Waals surface area (Å²) in [7, 11) is 0. The molecule has 0 bridgehead atoms. The minimum Gasteiger partial charge on any atom is -0.389 e. The molecule has 1 rings (SSSR count). The summed E-state index contributed by atoms with van der Waals surface area (Å²) < 4.78 is 0. The summed E-state index contributed by atoms with van der Waals surface area (Å²) in [5.74, 6) is 1.33. The highest BCUT2D eigenvalue weighted by molar-refractivity contribution is 5.92. The highest BCUT2D eigenvalue weighted by atomic mass is 16.7. The fraction of sp³-hybridized carbons (Fsp3) is 0.500. The van der Waals surface area contributed by atoms with Crippen LogP contribution >= 0.6 is 0 Å². The third kappa shape index (κ3) is 1.26. The maximum Gasteiger partial charge on any atom is 0.321 e. The first kappa shape index (κ1) is 7.06. The van der Waals surface area contributed by atoms with E-state index in [0.717, 1.165) is 5.06 Å². The molecule has 1 heterocycles. The Labute approximate surface area is 58.3 Å². The highest BCUT2D eigenvalue weighted by Gasteiger charge is 2.24.